The molecule has 0 amide bonds. The number of hydrazone groups is 1. The highest BCUT2D eigenvalue weighted by Gasteiger charge is 2.28. The van der Waals surface area contributed by atoms with Crippen molar-refractivity contribution in [2.45, 2.75) is 19.9 Å². The third-order valence-corrected chi connectivity index (χ3v) is 4.00. The van der Waals surface area contributed by atoms with E-state index in [1.807, 2.05) is 0 Å². The molecule has 12 heteroatoms. The lowest BCUT2D eigenvalue weighted by molar-refractivity contribution is -0.386. The van der Waals surface area contributed by atoms with Crippen LogP contribution in [0.1, 0.15) is 19.4 Å². The first-order valence-corrected chi connectivity index (χ1v) is 8.38. The van der Waals surface area contributed by atoms with Crippen molar-refractivity contribution in [3.05, 3.63) is 48.6 Å². The molecule has 0 aliphatic rings. The molecule has 1 heterocycles. The first-order chi connectivity index (χ1) is 13.6. The van der Waals surface area contributed by atoms with Gasteiger partial charge in [-0.05, 0) is 26.0 Å². The minimum Gasteiger partial charge on any atom is -0.502 e. The number of hydrogen-bond donors (Lipinski definition) is 2. The summed E-state index contributed by atoms with van der Waals surface area (Å²) in [7, 11) is 3.86. The van der Waals surface area contributed by atoms with Crippen LogP contribution in [0.2, 0.25) is 0 Å². The van der Waals surface area contributed by atoms with Gasteiger partial charge < -0.3 is 14.6 Å². The van der Waals surface area contributed by atoms with E-state index < -0.39 is 27.9 Å². The van der Waals surface area contributed by atoms with Crippen molar-refractivity contribution in [3.63, 3.8) is 0 Å². The van der Waals surface area contributed by atoms with Crippen molar-refractivity contribution in [3.8, 4) is 17.2 Å². The molecule has 1 aromatic carbocycles. The topological polar surface area (TPSA) is 152 Å². The first-order valence-electron chi connectivity index (χ1n) is 8.38. The number of phenols is 1. The Labute approximate surface area is 164 Å². The molecule has 0 bridgehead atoms. The predicted octanol–water partition coefficient (Wildman–Crippen LogP) is 0.953. The fourth-order valence-corrected chi connectivity index (χ4v) is 2.49. The second kappa shape index (κ2) is 8.46. The summed E-state index contributed by atoms with van der Waals surface area (Å²) < 4.78 is 10.8. The number of aromatic amines is 1. The summed E-state index contributed by atoms with van der Waals surface area (Å²) in [6.45, 7) is 3.35. The van der Waals surface area contributed by atoms with Gasteiger partial charge in [-0.1, -0.05) is 0 Å². The molecule has 156 valence electrons. The number of nitro groups is 1. The maximum absolute atomic E-state index is 12.2. The van der Waals surface area contributed by atoms with Crippen molar-refractivity contribution in [2.75, 3.05) is 19.2 Å². The highest BCUT2D eigenvalue weighted by Crippen LogP contribution is 2.36. The molecule has 2 aromatic rings. The van der Waals surface area contributed by atoms with Gasteiger partial charge >= 0.3 is 16.9 Å². The molecule has 0 spiro atoms. The third kappa shape index (κ3) is 4.20. The summed E-state index contributed by atoms with van der Waals surface area (Å²) in [5, 5.41) is 26.8. The highest BCUT2D eigenvalue weighted by molar-refractivity contribution is 5.83. The summed E-state index contributed by atoms with van der Waals surface area (Å²) >= 11 is 0. The van der Waals surface area contributed by atoms with E-state index in [2.05, 4.69) is 10.1 Å². The quantitative estimate of drug-likeness (QED) is 0.391. The van der Waals surface area contributed by atoms with Crippen molar-refractivity contribution < 1.29 is 19.5 Å². The van der Waals surface area contributed by atoms with Gasteiger partial charge in [0.05, 0.1) is 25.4 Å². The number of aromatic nitrogens is 2. The molecule has 0 fully saturated rings. The molecule has 1 aromatic heterocycles. The average molecular weight is 407 g/mol. The number of ether oxygens (including phenoxy) is 2. The van der Waals surface area contributed by atoms with E-state index >= 15 is 0 Å². The van der Waals surface area contributed by atoms with E-state index in [-0.39, 0.29) is 23.1 Å². The van der Waals surface area contributed by atoms with Gasteiger partial charge in [-0.3, -0.25) is 24.5 Å². The Morgan fingerprint density at radius 2 is 1.83 bits per heavy atom. The molecule has 2 N–H and O–H groups in total. The zero-order valence-corrected chi connectivity index (χ0v) is 16.5. The van der Waals surface area contributed by atoms with Gasteiger partial charge in [0.2, 0.25) is 11.6 Å². The van der Waals surface area contributed by atoms with E-state index in [0.717, 1.165) is 12.1 Å². The van der Waals surface area contributed by atoms with Gasteiger partial charge in [0.1, 0.15) is 0 Å². The summed E-state index contributed by atoms with van der Waals surface area (Å²) in [6.07, 6.45) is 1.32. The zero-order chi connectivity index (χ0) is 21.9. The Balaban J connectivity index is 2.63. The Morgan fingerprint density at radius 1 is 1.28 bits per heavy atom. The van der Waals surface area contributed by atoms with Crippen LogP contribution in [0, 0.1) is 10.1 Å². The van der Waals surface area contributed by atoms with Crippen LogP contribution in [0.4, 0.5) is 11.5 Å². The van der Waals surface area contributed by atoms with E-state index in [9.17, 15) is 24.8 Å². The van der Waals surface area contributed by atoms with E-state index in [1.54, 1.807) is 13.8 Å². The smallest absolute Gasteiger partial charge is 0.376 e. The molecular formula is C17H21N5O7. The SMILES string of the molecule is COc1cc(C=NN(c2[nH]c(=O)n(C)c(=O)c2[N+](=O)[O-])C(C)C)cc(OC)c1O. The first kappa shape index (κ1) is 21.5. The van der Waals surface area contributed by atoms with Crippen LogP contribution < -0.4 is 25.7 Å². The van der Waals surface area contributed by atoms with Gasteiger partial charge in [0.15, 0.2) is 11.5 Å². The van der Waals surface area contributed by atoms with Crippen molar-refractivity contribution in [1.82, 2.24) is 9.55 Å². The second-order valence-corrected chi connectivity index (χ2v) is 6.21. The van der Waals surface area contributed by atoms with Crippen LogP contribution in [0.25, 0.3) is 0 Å². The fourth-order valence-electron chi connectivity index (χ4n) is 2.49. The van der Waals surface area contributed by atoms with Gasteiger partial charge in [-0.25, -0.2) is 9.80 Å². The molecule has 0 aliphatic heterocycles. The van der Waals surface area contributed by atoms with Crippen LogP contribution in [0.5, 0.6) is 17.2 Å². The molecular weight excluding hydrogens is 386 g/mol. The fraction of sp³-hybridized carbons (Fsp3) is 0.353. The molecule has 0 saturated heterocycles. The van der Waals surface area contributed by atoms with Gasteiger partial charge in [0, 0.05) is 18.7 Å². The summed E-state index contributed by atoms with van der Waals surface area (Å²) in [5.41, 5.74) is -2.23. The molecule has 0 atom stereocenters. The van der Waals surface area contributed by atoms with Gasteiger partial charge in [-0.15, -0.1) is 0 Å². The number of methoxy groups -OCH3 is 2. The number of phenolic OH excluding ortho intramolecular Hbond substituents is 1. The number of hydrogen-bond acceptors (Lipinski definition) is 9. The van der Waals surface area contributed by atoms with E-state index in [1.165, 1.54) is 32.6 Å². The molecule has 29 heavy (non-hydrogen) atoms. The Morgan fingerprint density at radius 3 is 2.28 bits per heavy atom. The highest BCUT2D eigenvalue weighted by atomic mass is 16.6. The number of nitrogens with one attached hydrogen (secondary N) is 1. The predicted molar refractivity (Wildman–Crippen MR) is 105 cm³/mol. The van der Waals surface area contributed by atoms with Crippen LogP contribution in [0.3, 0.4) is 0 Å². The van der Waals surface area contributed by atoms with Crippen LogP contribution >= 0.6 is 0 Å². The monoisotopic (exact) mass is 407 g/mol. The lowest BCUT2D eigenvalue weighted by atomic mass is 10.2. The molecule has 2 rings (SSSR count). The number of anilines is 1. The molecule has 0 saturated carbocycles. The van der Waals surface area contributed by atoms with Gasteiger partial charge in [0.25, 0.3) is 0 Å². The number of nitrogens with zero attached hydrogens (tertiary/aromatic N) is 4. The van der Waals surface area contributed by atoms with Crippen molar-refractivity contribution >= 4 is 17.7 Å². The number of benzene rings is 1. The Bertz CT molecular complexity index is 1050. The second-order valence-electron chi connectivity index (χ2n) is 6.21. The zero-order valence-electron chi connectivity index (χ0n) is 16.5. The normalized spacial score (nSPS) is 11.1. The molecule has 0 radical (unpaired) electrons. The van der Waals surface area contributed by atoms with Crippen LogP contribution in [0.15, 0.2) is 26.8 Å². The minimum atomic E-state index is -1.05. The Kier molecular flexibility index (Phi) is 6.26. The third-order valence-electron chi connectivity index (χ3n) is 4.00. The largest absolute Gasteiger partial charge is 0.502 e. The van der Waals surface area contributed by atoms with Crippen molar-refractivity contribution in [2.24, 2.45) is 12.1 Å². The minimum absolute atomic E-state index is 0.134. The average Bonchev–Trinajstić information content (AvgIpc) is 2.66. The van der Waals surface area contributed by atoms with Crippen LogP contribution in [-0.4, -0.2) is 46.1 Å². The summed E-state index contributed by atoms with van der Waals surface area (Å²) in [4.78, 5) is 37.1. The Hall–Kier alpha value is -3.83. The van der Waals surface area contributed by atoms with Gasteiger partial charge in [-0.2, -0.15) is 5.10 Å². The summed E-state index contributed by atoms with van der Waals surface area (Å²) in [5.74, 6) is -0.267. The number of aromatic hydroxyl groups is 1. The maximum Gasteiger partial charge on any atom is 0.376 e. The van der Waals surface area contributed by atoms with E-state index in [4.69, 9.17) is 9.47 Å². The number of H-pyrrole nitrogens is 1. The molecule has 12 nitrogen and oxygen atoms in total. The van der Waals surface area contributed by atoms with Crippen LogP contribution in [-0.2, 0) is 7.05 Å². The summed E-state index contributed by atoms with van der Waals surface area (Å²) in [6, 6.07) is 2.50. The maximum atomic E-state index is 12.2. The lowest BCUT2D eigenvalue weighted by Crippen LogP contribution is -2.38. The van der Waals surface area contributed by atoms with E-state index in [0.29, 0.717) is 10.1 Å². The number of rotatable bonds is 7. The standard InChI is InChI=1S/C17H21N5O7/c1-9(2)21(15-13(22(26)27)16(24)20(3)17(25)19-15)18-8-10-6-11(28-4)14(23)12(7-10)29-5/h6-9,23H,1-5H3,(H,19,25). The van der Waals surface area contributed by atoms with Crippen molar-refractivity contribution in [1.29, 1.82) is 0 Å². The molecule has 0 aliphatic carbocycles. The molecule has 0 unspecified atom stereocenters. The lowest BCUT2D eigenvalue weighted by Gasteiger charge is -2.22.